The Morgan fingerprint density at radius 2 is 2.00 bits per heavy atom. The van der Waals surface area contributed by atoms with Gasteiger partial charge in [0, 0.05) is 16.8 Å². The Bertz CT molecular complexity index is 461. The highest BCUT2D eigenvalue weighted by molar-refractivity contribution is 5.78. The monoisotopic (exact) mass is 186 g/mol. The molecule has 0 unspecified atom stereocenters. The second kappa shape index (κ2) is 3.37. The van der Waals surface area contributed by atoms with Gasteiger partial charge in [0.05, 0.1) is 11.7 Å². The molecule has 2 rings (SSSR count). The first-order valence-electron chi connectivity index (χ1n) is 4.90. The molecule has 0 spiro atoms. The van der Waals surface area contributed by atoms with Gasteiger partial charge in [-0.1, -0.05) is 19.9 Å². The molecular weight excluding hydrogens is 172 g/mol. The summed E-state index contributed by atoms with van der Waals surface area (Å²) in [5.74, 6) is 0.473. The highest BCUT2D eigenvalue weighted by Crippen LogP contribution is 2.17. The van der Waals surface area contributed by atoms with Crippen molar-refractivity contribution in [3.05, 3.63) is 35.8 Å². The molecule has 2 heteroatoms. The van der Waals surface area contributed by atoms with Crippen LogP contribution in [0.4, 0.5) is 0 Å². The van der Waals surface area contributed by atoms with Gasteiger partial charge in [0.25, 0.3) is 0 Å². The van der Waals surface area contributed by atoms with Crippen LogP contribution in [0.2, 0.25) is 0 Å². The molecule has 0 bridgehead atoms. The first-order chi connectivity index (χ1) is 6.66. The smallest absolute Gasteiger partial charge is 0.0888 e. The lowest BCUT2D eigenvalue weighted by atomic mass is 10.1. The first kappa shape index (κ1) is 9.13. The zero-order valence-corrected chi connectivity index (χ0v) is 8.78. The summed E-state index contributed by atoms with van der Waals surface area (Å²) in [5, 5.41) is 1.17. The van der Waals surface area contributed by atoms with Gasteiger partial charge >= 0.3 is 0 Å². The summed E-state index contributed by atoms with van der Waals surface area (Å²) in [6.07, 6.45) is 1.84. The largest absolute Gasteiger partial charge is 0.259 e. The molecule has 0 atom stereocenters. The van der Waals surface area contributed by atoms with E-state index in [4.69, 9.17) is 0 Å². The van der Waals surface area contributed by atoms with Gasteiger partial charge in [-0.2, -0.15) is 0 Å². The molecule has 0 aliphatic heterocycles. The van der Waals surface area contributed by atoms with Crippen LogP contribution < -0.4 is 0 Å². The Kier molecular flexibility index (Phi) is 2.20. The van der Waals surface area contributed by atoms with E-state index in [1.54, 1.807) is 0 Å². The second-order valence-corrected chi connectivity index (χ2v) is 3.91. The van der Waals surface area contributed by atoms with Crippen molar-refractivity contribution in [1.29, 1.82) is 0 Å². The summed E-state index contributed by atoms with van der Waals surface area (Å²) < 4.78 is 0. The first-order valence-corrected chi connectivity index (χ1v) is 4.90. The molecule has 0 aliphatic carbocycles. The number of pyridine rings is 2. The third-order valence-electron chi connectivity index (χ3n) is 2.33. The Balaban J connectivity index is 2.62. The summed E-state index contributed by atoms with van der Waals surface area (Å²) in [4.78, 5) is 8.80. The molecule has 0 radical (unpaired) electrons. The molecule has 0 saturated carbocycles. The van der Waals surface area contributed by atoms with Crippen LogP contribution in [0.3, 0.4) is 0 Å². The number of fused-ring (bicyclic) bond motifs is 1. The van der Waals surface area contributed by atoms with E-state index in [0.29, 0.717) is 5.92 Å². The van der Waals surface area contributed by atoms with Crippen molar-refractivity contribution in [3.63, 3.8) is 0 Å². The van der Waals surface area contributed by atoms with Crippen molar-refractivity contribution in [2.45, 2.75) is 26.7 Å². The number of hydrogen-bond acceptors (Lipinski definition) is 2. The molecule has 0 N–H and O–H groups in total. The highest BCUT2D eigenvalue weighted by Gasteiger charge is 2.02. The van der Waals surface area contributed by atoms with Crippen LogP contribution in [-0.2, 0) is 0 Å². The van der Waals surface area contributed by atoms with Gasteiger partial charge in [-0.25, -0.2) is 0 Å². The lowest BCUT2D eigenvalue weighted by Crippen LogP contribution is -1.93. The van der Waals surface area contributed by atoms with Gasteiger partial charge < -0.3 is 0 Å². The van der Waals surface area contributed by atoms with Gasteiger partial charge in [0.1, 0.15) is 0 Å². The minimum atomic E-state index is 0.473. The molecule has 0 aliphatic rings. The van der Waals surface area contributed by atoms with E-state index in [1.165, 1.54) is 5.39 Å². The Morgan fingerprint density at radius 1 is 1.21 bits per heavy atom. The molecule has 2 aromatic heterocycles. The highest BCUT2D eigenvalue weighted by atomic mass is 14.7. The third kappa shape index (κ3) is 1.60. The molecule has 0 aromatic carbocycles. The molecule has 2 aromatic rings. The van der Waals surface area contributed by atoms with E-state index in [2.05, 4.69) is 42.0 Å². The van der Waals surface area contributed by atoms with Gasteiger partial charge in [-0.3, -0.25) is 9.97 Å². The number of rotatable bonds is 1. The summed E-state index contributed by atoms with van der Waals surface area (Å²) in [5.41, 5.74) is 3.15. The maximum atomic E-state index is 4.55. The molecular formula is C12H14N2. The number of aryl methyl sites for hydroxylation is 1. The quantitative estimate of drug-likeness (QED) is 0.684. The van der Waals surface area contributed by atoms with Crippen molar-refractivity contribution < 1.29 is 0 Å². The summed E-state index contributed by atoms with van der Waals surface area (Å²) in [7, 11) is 0. The van der Waals surface area contributed by atoms with Gasteiger partial charge in [0.15, 0.2) is 0 Å². The molecule has 0 saturated heterocycles. The second-order valence-electron chi connectivity index (χ2n) is 3.91. The van der Waals surface area contributed by atoms with Gasteiger partial charge in [0.2, 0.25) is 0 Å². The summed E-state index contributed by atoms with van der Waals surface area (Å²) >= 11 is 0. The van der Waals surface area contributed by atoms with Crippen molar-refractivity contribution >= 4 is 10.9 Å². The topological polar surface area (TPSA) is 25.8 Å². The predicted octanol–water partition coefficient (Wildman–Crippen LogP) is 3.06. The fraction of sp³-hybridized carbons (Fsp3) is 0.333. The zero-order chi connectivity index (χ0) is 10.1. The third-order valence-corrected chi connectivity index (χ3v) is 2.33. The Labute approximate surface area is 84.0 Å². The van der Waals surface area contributed by atoms with Crippen LogP contribution in [0.5, 0.6) is 0 Å². The van der Waals surface area contributed by atoms with E-state index >= 15 is 0 Å². The van der Waals surface area contributed by atoms with Crippen LogP contribution in [-0.4, -0.2) is 9.97 Å². The number of aromatic nitrogens is 2. The molecule has 14 heavy (non-hydrogen) atoms. The van der Waals surface area contributed by atoms with Crippen LogP contribution in [0.15, 0.2) is 24.4 Å². The lowest BCUT2D eigenvalue weighted by molar-refractivity contribution is 0.829. The average molecular weight is 186 g/mol. The van der Waals surface area contributed by atoms with Crippen LogP contribution >= 0.6 is 0 Å². The Hall–Kier alpha value is -1.44. The Morgan fingerprint density at radius 3 is 2.71 bits per heavy atom. The molecule has 0 fully saturated rings. The van der Waals surface area contributed by atoms with E-state index in [0.717, 1.165) is 16.9 Å². The van der Waals surface area contributed by atoms with Crippen molar-refractivity contribution in [2.75, 3.05) is 0 Å². The fourth-order valence-electron chi connectivity index (χ4n) is 1.47. The van der Waals surface area contributed by atoms with Gasteiger partial charge in [-0.05, 0) is 25.0 Å². The van der Waals surface area contributed by atoms with E-state index in [1.807, 2.05) is 13.1 Å². The SMILES string of the molecule is Cc1cc2ccc(C(C)C)nc2cn1. The summed E-state index contributed by atoms with van der Waals surface area (Å²) in [6, 6.07) is 6.27. The molecule has 0 amide bonds. The minimum Gasteiger partial charge on any atom is -0.259 e. The van der Waals surface area contributed by atoms with E-state index in [-0.39, 0.29) is 0 Å². The van der Waals surface area contributed by atoms with E-state index in [9.17, 15) is 0 Å². The maximum Gasteiger partial charge on any atom is 0.0888 e. The van der Waals surface area contributed by atoms with Crippen molar-refractivity contribution in [3.8, 4) is 0 Å². The number of hydrogen-bond donors (Lipinski definition) is 0. The summed E-state index contributed by atoms with van der Waals surface area (Å²) in [6.45, 7) is 6.29. The molecule has 72 valence electrons. The number of nitrogens with zero attached hydrogens (tertiary/aromatic N) is 2. The fourth-order valence-corrected chi connectivity index (χ4v) is 1.47. The van der Waals surface area contributed by atoms with Crippen molar-refractivity contribution in [1.82, 2.24) is 9.97 Å². The normalized spacial score (nSPS) is 11.1. The van der Waals surface area contributed by atoms with Crippen LogP contribution in [0.25, 0.3) is 10.9 Å². The van der Waals surface area contributed by atoms with Crippen LogP contribution in [0, 0.1) is 6.92 Å². The van der Waals surface area contributed by atoms with Crippen molar-refractivity contribution in [2.24, 2.45) is 0 Å². The zero-order valence-electron chi connectivity index (χ0n) is 8.78. The molecule has 2 nitrogen and oxygen atoms in total. The minimum absolute atomic E-state index is 0.473. The average Bonchev–Trinajstić information content (AvgIpc) is 2.16. The van der Waals surface area contributed by atoms with Crippen LogP contribution in [0.1, 0.15) is 31.2 Å². The predicted molar refractivity (Wildman–Crippen MR) is 58.4 cm³/mol. The van der Waals surface area contributed by atoms with E-state index < -0.39 is 0 Å². The maximum absolute atomic E-state index is 4.55. The lowest BCUT2D eigenvalue weighted by Gasteiger charge is -2.05. The molecule has 2 heterocycles. The standard InChI is InChI=1S/C12H14N2/c1-8(2)11-5-4-10-6-9(3)13-7-12(10)14-11/h4-8H,1-3H3. The van der Waals surface area contributed by atoms with Gasteiger partial charge in [-0.15, -0.1) is 0 Å².